The molecule has 4 N–H and O–H groups in total. The predicted molar refractivity (Wildman–Crippen MR) is 80.1 cm³/mol. The maximum atomic E-state index is 5.50. The van der Waals surface area contributed by atoms with E-state index in [1.54, 1.807) is 6.20 Å². The minimum Gasteiger partial charge on any atom is -0.364 e. The summed E-state index contributed by atoms with van der Waals surface area (Å²) in [5.41, 5.74) is 5.80. The average molecular weight is 272 g/mol. The molecule has 0 unspecified atom stereocenters. The van der Waals surface area contributed by atoms with Crippen LogP contribution in [0.4, 0.5) is 11.6 Å². The Balaban J connectivity index is 2.19. The first kappa shape index (κ1) is 14.2. The summed E-state index contributed by atoms with van der Waals surface area (Å²) in [5, 5.41) is 3.32. The van der Waals surface area contributed by atoms with E-state index in [-0.39, 0.29) is 0 Å². The molecule has 0 saturated heterocycles. The molecule has 20 heavy (non-hydrogen) atoms. The van der Waals surface area contributed by atoms with Crippen LogP contribution < -0.4 is 16.6 Å². The van der Waals surface area contributed by atoms with Gasteiger partial charge in [0.25, 0.3) is 0 Å². The number of pyridine rings is 1. The van der Waals surface area contributed by atoms with E-state index >= 15 is 0 Å². The minimum atomic E-state index is 0.629. The molecule has 0 saturated carbocycles. The van der Waals surface area contributed by atoms with Gasteiger partial charge >= 0.3 is 0 Å². The monoisotopic (exact) mass is 272 g/mol. The number of aryl methyl sites for hydroxylation is 1. The van der Waals surface area contributed by atoms with Gasteiger partial charge in [-0.3, -0.25) is 4.98 Å². The molecule has 0 aliphatic rings. The summed E-state index contributed by atoms with van der Waals surface area (Å²) in [4.78, 5) is 12.8. The largest absolute Gasteiger partial charge is 0.364 e. The number of nitrogens with zero attached hydrogens (tertiary/aromatic N) is 3. The number of hydrogen-bond acceptors (Lipinski definition) is 6. The number of nitrogen functional groups attached to an aromatic ring is 1. The van der Waals surface area contributed by atoms with Gasteiger partial charge in [-0.05, 0) is 25.0 Å². The van der Waals surface area contributed by atoms with Crippen molar-refractivity contribution in [1.82, 2.24) is 15.0 Å². The van der Waals surface area contributed by atoms with E-state index in [4.69, 9.17) is 5.84 Å². The molecule has 2 aromatic heterocycles. The van der Waals surface area contributed by atoms with Gasteiger partial charge in [0, 0.05) is 11.8 Å². The molecule has 6 nitrogen and oxygen atoms in total. The topological polar surface area (TPSA) is 88.8 Å². The van der Waals surface area contributed by atoms with E-state index in [1.807, 2.05) is 19.1 Å². The Morgan fingerprint density at radius 1 is 1.20 bits per heavy atom. The molecule has 0 amide bonds. The maximum absolute atomic E-state index is 5.50. The first-order valence-electron chi connectivity index (χ1n) is 6.71. The molecule has 2 aromatic rings. The zero-order valence-corrected chi connectivity index (χ0v) is 11.8. The van der Waals surface area contributed by atoms with E-state index in [0.29, 0.717) is 12.4 Å². The smallest absolute Gasteiger partial charge is 0.148 e. The highest BCUT2D eigenvalue weighted by Gasteiger charge is 2.10. The van der Waals surface area contributed by atoms with E-state index in [1.165, 1.54) is 6.33 Å². The minimum absolute atomic E-state index is 0.629. The molecule has 0 bridgehead atoms. The van der Waals surface area contributed by atoms with E-state index in [9.17, 15) is 0 Å². The summed E-state index contributed by atoms with van der Waals surface area (Å²) in [6.07, 6.45) is 5.16. The second kappa shape index (κ2) is 6.81. The van der Waals surface area contributed by atoms with Crippen LogP contribution in [0.25, 0.3) is 0 Å². The first-order valence-corrected chi connectivity index (χ1v) is 6.71. The molecule has 0 aliphatic carbocycles. The zero-order chi connectivity index (χ0) is 14.4. The van der Waals surface area contributed by atoms with Crippen LogP contribution in [0.2, 0.25) is 0 Å². The van der Waals surface area contributed by atoms with Gasteiger partial charge in [-0.15, -0.1) is 0 Å². The fourth-order valence-electron chi connectivity index (χ4n) is 2.05. The molecule has 2 rings (SSSR count). The fourth-order valence-corrected chi connectivity index (χ4v) is 2.05. The SMILES string of the molecule is CCCc1c(NN)ncnc1NCc1ncccc1C. The molecule has 106 valence electrons. The van der Waals surface area contributed by atoms with Crippen LogP contribution >= 0.6 is 0 Å². The van der Waals surface area contributed by atoms with Gasteiger partial charge in [-0.25, -0.2) is 15.8 Å². The number of rotatable bonds is 6. The summed E-state index contributed by atoms with van der Waals surface area (Å²) in [6.45, 7) is 4.79. The summed E-state index contributed by atoms with van der Waals surface area (Å²) in [7, 11) is 0. The van der Waals surface area contributed by atoms with Crippen molar-refractivity contribution in [2.75, 3.05) is 10.7 Å². The first-order chi connectivity index (χ1) is 9.76. The summed E-state index contributed by atoms with van der Waals surface area (Å²) in [6, 6.07) is 3.98. The van der Waals surface area contributed by atoms with Crippen molar-refractivity contribution in [3.63, 3.8) is 0 Å². The van der Waals surface area contributed by atoms with Gasteiger partial charge in [0.1, 0.15) is 18.0 Å². The van der Waals surface area contributed by atoms with Gasteiger partial charge in [-0.1, -0.05) is 19.4 Å². The summed E-state index contributed by atoms with van der Waals surface area (Å²) < 4.78 is 0. The number of hydrazine groups is 1. The second-order valence-electron chi connectivity index (χ2n) is 4.56. The number of nitrogens with two attached hydrogens (primary N) is 1. The quantitative estimate of drug-likeness (QED) is 0.551. The van der Waals surface area contributed by atoms with Crippen LogP contribution in [0.3, 0.4) is 0 Å². The molecule has 2 heterocycles. The summed E-state index contributed by atoms with van der Waals surface area (Å²) >= 11 is 0. The Hall–Kier alpha value is -2.21. The lowest BCUT2D eigenvalue weighted by Gasteiger charge is -2.13. The van der Waals surface area contributed by atoms with E-state index < -0.39 is 0 Å². The zero-order valence-electron chi connectivity index (χ0n) is 11.8. The molecule has 0 atom stereocenters. The Morgan fingerprint density at radius 2 is 2.00 bits per heavy atom. The third-order valence-corrected chi connectivity index (χ3v) is 3.12. The third-order valence-electron chi connectivity index (χ3n) is 3.12. The third kappa shape index (κ3) is 3.21. The lowest BCUT2D eigenvalue weighted by atomic mass is 10.1. The van der Waals surface area contributed by atoms with Crippen molar-refractivity contribution in [1.29, 1.82) is 0 Å². The van der Waals surface area contributed by atoms with E-state index in [2.05, 4.69) is 32.6 Å². The Kier molecular flexibility index (Phi) is 4.84. The molecule has 0 aliphatic heterocycles. The average Bonchev–Trinajstić information content (AvgIpc) is 2.47. The van der Waals surface area contributed by atoms with E-state index in [0.717, 1.165) is 35.5 Å². The Morgan fingerprint density at radius 3 is 2.70 bits per heavy atom. The lowest BCUT2D eigenvalue weighted by Crippen LogP contribution is -2.14. The Bertz CT molecular complexity index is 569. The highest BCUT2D eigenvalue weighted by molar-refractivity contribution is 5.57. The lowest BCUT2D eigenvalue weighted by molar-refractivity contribution is 0.892. The Labute approximate surface area is 118 Å². The highest BCUT2D eigenvalue weighted by Crippen LogP contribution is 2.21. The molecule has 0 spiro atoms. The van der Waals surface area contributed by atoms with Crippen LogP contribution in [-0.2, 0) is 13.0 Å². The van der Waals surface area contributed by atoms with Gasteiger partial charge in [0.2, 0.25) is 0 Å². The maximum Gasteiger partial charge on any atom is 0.148 e. The van der Waals surface area contributed by atoms with Crippen molar-refractivity contribution < 1.29 is 0 Å². The highest BCUT2D eigenvalue weighted by atomic mass is 15.3. The van der Waals surface area contributed by atoms with Gasteiger partial charge in [-0.2, -0.15) is 0 Å². The van der Waals surface area contributed by atoms with Crippen LogP contribution in [0, 0.1) is 6.92 Å². The van der Waals surface area contributed by atoms with Crippen LogP contribution in [0.5, 0.6) is 0 Å². The van der Waals surface area contributed by atoms with Crippen molar-refractivity contribution >= 4 is 11.6 Å². The molecular formula is C14H20N6. The van der Waals surface area contributed by atoms with Crippen molar-refractivity contribution in [2.45, 2.75) is 33.2 Å². The molecule has 6 heteroatoms. The van der Waals surface area contributed by atoms with Crippen molar-refractivity contribution in [3.8, 4) is 0 Å². The van der Waals surface area contributed by atoms with Crippen molar-refractivity contribution in [2.24, 2.45) is 5.84 Å². The summed E-state index contributed by atoms with van der Waals surface area (Å²) in [5.74, 6) is 6.97. The van der Waals surface area contributed by atoms with Crippen LogP contribution in [0.1, 0.15) is 30.2 Å². The molecule has 0 radical (unpaired) electrons. The fraction of sp³-hybridized carbons (Fsp3) is 0.357. The van der Waals surface area contributed by atoms with Crippen LogP contribution in [0.15, 0.2) is 24.7 Å². The van der Waals surface area contributed by atoms with Gasteiger partial charge in [0.05, 0.1) is 12.2 Å². The standard InChI is InChI=1S/C14H20N6/c1-3-5-11-13(18-9-19-14(11)20-15)17-8-12-10(2)6-4-7-16-12/h4,6-7,9H,3,5,8,15H2,1-2H3,(H2,17,18,19,20). The second-order valence-corrected chi connectivity index (χ2v) is 4.56. The number of anilines is 2. The van der Waals surface area contributed by atoms with Crippen LogP contribution in [-0.4, -0.2) is 15.0 Å². The normalized spacial score (nSPS) is 10.3. The molecule has 0 fully saturated rings. The van der Waals surface area contributed by atoms with Gasteiger partial charge < -0.3 is 10.7 Å². The number of hydrogen-bond donors (Lipinski definition) is 3. The van der Waals surface area contributed by atoms with Crippen molar-refractivity contribution in [3.05, 3.63) is 41.5 Å². The molecule has 0 aromatic carbocycles. The number of aromatic nitrogens is 3. The number of nitrogens with one attached hydrogen (secondary N) is 2. The predicted octanol–water partition coefficient (Wildman–Crippen LogP) is 2.03. The molecular weight excluding hydrogens is 252 g/mol. The van der Waals surface area contributed by atoms with Gasteiger partial charge in [0.15, 0.2) is 0 Å².